The Morgan fingerprint density at radius 3 is 2.80 bits per heavy atom. The lowest BCUT2D eigenvalue weighted by molar-refractivity contribution is 0.0970. The quantitative estimate of drug-likeness (QED) is 0.186. The Balaban J connectivity index is 2.88. The van der Waals surface area contributed by atoms with Gasteiger partial charge in [-0.3, -0.25) is 10.1 Å². The summed E-state index contributed by atoms with van der Waals surface area (Å²) < 4.78 is 12.8. The molecule has 0 aliphatic heterocycles. The number of amides is 1. The van der Waals surface area contributed by atoms with Crippen LogP contribution in [0.5, 0.6) is 0 Å². The molecule has 1 rings (SSSR count). The van der Waals surface area contributed by atoms with Crippen LogP contribution >= 0.6 is 0 Å². The Labute approximate surface area is 83.4 Å². The number of nitrogens with one attached hydrogen (secondary N) is 1. The number of hydrogen-bond donors (Lipinski definition) is 4. The van der Waals surface area contributed by atoms with Crippen LogP contribution in [0.2, 0.25) is 0 Å². The molecule has 0 aliphatic rings. The van der Waals surface area contributed by atoms with Gasteiger partial charge >= 0.3 is 0 Å². The zero-order chi connectivity index (χ0) is 11.4. The van der Waals surface area contributed by atoms with E-state index in [4.69, 9.17) is 17.3 Å². The van der Waals surface area contributed by atoms with Gasteiger partial charge in [0.05, 0.1) is 6.20 Å². The molecule has 9 heteroatoms. The number of hydrogen-bond acceptors (Lipinski definition) is 6. The predicted octanol–water partition coefficient (Wildman–Crippen LogP) is -1.88. The van der Waals surface area contributed by atoms with E-state index in [9.17, 15) is 9.18 Å². The van der Waals surface area contributed by atoms with E-state index in [0.29, 0.717) is 0 Å². The van der Waals surface area contributed by atoms with Crippen molar-refractivity contribution >= 4 is 17.7 Å². The van der Waals surface area contributed by atoms with Gasteiger partial charge in [0.25, 0.3) is 11.9 Å². The minimum Gasteiger partial charge on any atom is -0.380 e. The van der Waals surface area contributed by atoms with E-state index in [2.05, 4.69) is 15.1 Å². The number of rotatable bonds is 1. The van der Waals surface area contributed by atoms with Crippen molar-refractivity contribution in [3.8, 4) is 0 Å². The Morgan fingerprint density at radius 1 is 1.60 bits per heavy atom. The van der Waals surface area contributed by atoms with E-state index in [1.165, 1.54) is 0 Å². The number of anilines is 1. The summed E-state index contributed by atoms with van der Waals surface area (Å²) in [4.78, 5) is 17.9. The third-order valence-electron chi connectivity index (χ3n) is 1.37. The molecule has 0 unspecified atom stereocenters. The second-order valence-corrected chi connectivity index (χ2v) is 2.40. The summed E-state index contributed by atoms with van der Waals surface area (Å²) in [5.41, 5.74) is 9.89. The molecule has 0 fully saturated rings. The van der Waals surface area contributed by atoms with Crippen LogP contribution < -0.4 is 22.6 Å². The summed E-state index contributed by atoms with van der Waals surface area (Å²) in [7, 11) is 0. The molecule has 8 nitrogen and oxygen atoms in total. The van der Waals surface area contributed by atoms with Crippen LogP contribution in [-0.2, 0) is 0 Å². The summed E-state index contributed by atoms with van der Waals surface area (Å²) in [6, 6.07) is 0. The van der Waals surface area contributed by atoms with Gasteiger partial charge in [-0.25, -0.2) is 9.97 Å². The summed E-state index contributed by atoms with van der Waals surface area (Å²) in [5, 5.41) is 5.04. The van der Waals surface area contributed by atoms with Crippen LogP contribution in [0.4, 0.5) is 10.2 Å². The molecule has 0 saturated carbocycles. The molecule has 1 amide bonds. The maximum Gasteiger partial charge on any atom is 0.278 e. The van der Waals surface area contributed by atoms with Gasteiger partial charge < -0.3 is 17.3 Å². The normalized spacial score (nSPS) is 11.1. The van der Waals surface area contributed by atoms with E-state index >= 15 is 0 Å². The van der Waals surface area contributed by atoms with E-state index in [1.807, 2.05) is 5.32 Å². The molecule has 0 bridgehead atoms. The Kier molecular flexibility index (Phi) is 2.96. The predicted molar refractivity (Wildman–Crippen MR) is 49.7 cm³/mol. The van der Waals surface area contributed by atoms with Crippen molar-refractivity contribution < 1.29 is 9.18 Å². The third kappa shape index (κ3) is 2.49. The minimum atomic E-state index is -1.04. The molecule has 7 N–H and O–H groups in total. The molecule has 0 saturated heterocycles. The smallest absolute Gasteiger partial charge is 0.278 e. The molecule has 1 aromatic heterocycles. The molecule has 1 aromatic rings. The number of halogens is 1. The molecule has 80 valence electrons. The first-order chi connectivity index (χ1) is 7.04. The highest BCUT2D eigenvalue weighted by molar-refractivity contribution is 6.03. The highest BCUT2D eigenvalue weighted by Gasteiger charge is 2.11. The molecule has 0 aromatic carbocycles. The van der Waals surface area contributed by atoms with Gasteiger partial charge in [0.15, 0.2) is 5.82 Å². The van der Waals surface area contributed by atoms with E-state index < -0.39 is 17.7 Å². The largest absolute Gasteiger partial charge is 0.380 e. The third-order valence-corrected chi connectivity index (χ3v) is 1.37. The Morgan fingerprint density at radius 2 is 2.27 bits per heavy atom. The van der Waals surface area contributed by atoms with Gasteiger partial charge in [-0.2, -0.15) is 4.39 Å². The highest BCUT2D eigenvalue weighted by Crippen LogP contribution is 2.02. The molecular weight excluding hydrogens is 205 g/mol. The Bertz CT molecular complexity index is 418. The first kappa shape index (κ1) is 10.6. The standard InChI is InChI=1S/C6H8FN7O/c7-3-4(8)11-1-2(12-3)5(15)13-6(9)14-10/h1H,10H2,(H2,8,11)(H3,9,13,14,15). The van der Waals surface area contributed by atoms with Crippen molar-refractivity contribution in [1.29, 1.82) is 0 Å². The zero-order valence-electron chi connectivity index (χ0n) is 7.44. The van der Waals surface area contributed by atoms with E-state index in [-0.39, 0.29) is 11.7 Å². The summed E-state index contributed by atoms with van der Waals surface area (Å²) in [6.45, 7) is 0. The van der Waals surface area contributed by atoms with Crippen LogP contribution in [-0.4, -0.2) is 21.8 Å². The van der Waals surface area contributed by atoms with Crippen LogP contribution in [0.3, 0.4) is 0 Å². The maximum absolute atomic E-state index is 12.8. The first-order valence-electron chi connectivity index (χ1n) is 3.67. The van der Waals surface area contributed by atoms with Crippen LogP contribution in [0.1, 0.15) is 10.5 Å². The first-order valence-corrected chi connectivity index (χ1v) is 3.67. The van der Waals surface area contributed by atoms with Crippen molar-refractivity contribution in [2.75, 3.05) is 5.73 Å². The minimum absolute atomic E-state index is 0.284. The number of nitrogen functional groups attached to an aromatic ring is 1. The lowest BCUT2D eigenvalue weighted by Crippen LogP contribution is -2.38. The average molecular weight is 213 g/mol. The van der Waals surface area contributed by atoms with Gasteiger partial charge in [-0.15, -0.1) is 5.10 Å². The van der Waals surface area contributed by atoms with E-state index in [0.717, 1.165) is 6.20 Å². The number of guanidine groups is 1. The number of carbonyl (C=O) groups is 1. The number of aromatic nitrogens is 2. The van der Waals surface area contributed by atoms with Crippen molar-refractivity contribution in [3.63, 3.8) is 0 Å². The molecule has 1 heterocycles. The second-order valence-electron chi connectivity index (χ2n) is 2.40. The van der Waals surface area contributed by atoms with Crippen LogP contribution in [0.15, 0.2) is 11.3 Å². The summed E-state index contributed by atoms with van der Waals surface area (Å²) in [6.07, 6.45) is 0.998. The van der Waals surface area contributed by atoms with Crippen molar-refractivity contribution in [2.24, 2.45) is 16.7 Å². The second kappa shape index (κ2) is 4.17. The highest BCUT2D eigenvalue weighted by atomic mass is 19.1. The molecule has 0 atom stereocenters. The molecule has 0 aliphatic carbocycles. The van der Waals surface area contributed by atoms with Gasteiger partial charge in [0.2, 0.25) is 5.96 Å². The van der Waals surface area contributed by atoms with Crippen molar-refractivity contribution in [3.05, 3.63) is 17.8 Å². The van der Waals surface area contributed by atoms with Crippen molar-refractivity contribution in [2.45, 2.75) is 0 Å². The average Bonchev–Trinajstić information content (AvgIpc) is 2.21. The monoisotopic (exact) mass is 213 g/mol. The van der Waals surface area contributed by atoms with Gasteiger partial charge in [-0.05, 0) is 0 Å². The summed E-state index contributed by atoms with van der Waals surface area (Å²) >= 11 is 0. The fourth-order valence-corrected chi connectivity index (χ4v) is 0.698. The zero-order valence-corrected chi connectivity index (χ0v) is 7.44. The lowest BCUT2D eigenvalue weighted by atomic mass is 10.4. The topological polar surface area (TPSA) is 145 Å². The molecule has 15 heavy (non-hydrogen) atoms. The van der Waals surface area contributed by atoms with Gasteiger partial charge in [0.1, 0.15) is 5.69 Å². The molecular formula is C6H8FN7O. The number of hydrazone groups is 1. The fraction of sp³-hybridized carbons (Fsp3) is 0. The van der Waals surface area contributed by atoms with Crippen LogP contribution in [0, 0.1) is 5.95 Å². The number of nitrogens with zero attached hydrogens (tertiary/aromatic N) is 3. The van der Waals surface area contributed by atoms with Crippen molar-refractivity contribution in [1.82, 2.24) is 15.3 Å². The Hall–Kier alpha value is -2.45. The number of carbonyl (C=O) groups excluding carboxylic acids is 1. The van der Waals surface area contributed by atoms with Gasteiger partial charge in [-0.1, -0.05) is 0 Å². The lowest BCUT2D eigenvalue weighted by Gasteiger charge is -2.02. The number of nitrogens with two attached hydrogens (primary N) is 3. The SMILES string of the molecule is NN=C(N)NC(=O)c1cnc(N)c(F)n1. The molecule has 0 spiro atoms. The van der Waals surface area contributed by atoms with Crippen LogP contribution in [0.25, 0.3) is 0 Å². The van der Waals surface area contributed by atoms with E-state index in [1.54, 1.807) is 0 Å². The van der Waals surface area contributed by atoms with Gasteiger partial charge in [0, 0.05) is 0 Å². The fourth-order valence-electron chi connectivity index (χ4n) is 0.698. The summed E-state index contributed by atoms with van der Waals surface area (Å²) in [5.74, 6) is 2.23. The molecule has 0 radical (unpaired) electrons. The maximum atomic E-state index is 12.8.